The smallest absolute Gasteiger partial charge is 0.365 e. The van der Waals surface area contributed by atoms with Crippen molar-refractivity contribution in [3.8, 4) is 11.4 Å². The Bertz CT molecular complexity index is 570. The number of methoxy groups -OCH3 is 1. The number of hydrogen-bond acceptors (Lipinski definition) is 4. The predicted octanol–water partition coefficient (Wildman–Crippen LogP) is 0.581. The van der Waals surface area contributed by atoms with E-state index in [4.69, 9.17) is 4.74 Å². The van der Waals surface area contributed by atoms with Crippen LogP contribution in [0.15, 0.2) is 16.9 Å². The van der Waals surface area contributed by atoms with Gasteiger partial charge in [-0.15, -0.1) is 0 Å². The molecule has 1 heterocycles. The van der Waals surface area contributed by atoms with Gasteiger partial charge in [0.1, 0.15) is 5.75 Å². The molecule has 0 aliphatic carbocycles. The third-order valence-electron chi connectivity index (χ3n) is 2.54. The quantitative estimate of drug-likeness (QED) is 0.803. The van der Waals surface area contributed by atoms with Gasteiger partial charge in [0.25, 0.3) is 0 Å². The van der Waals surface area contributed by atoms with Crippen LogP contribution in [0.4, 0.5) is 0 Å². The summed E-state index contributed by atoms with van der Waals surface area (Å²) in [6, 6.07) is 3.62. The number of benzene rings is 1. The molecule has 0 atom stereocenters. The molecule has 2 aromatic rings. The van der Waals surface area contributed by atoms with Crippen molar-refractivity contribution in [2.24, 2.45) is 0 Å². The van der Waals surface area contributed by atoms with Crippen LogP contribution >= 0.6 is 0 Å². The highest BCUT2D eigenvalue weighted by Crippen LogP contribution is 2.24. The minimum Gasteiger partial charge on any atom is -0.496 e. The van der Waals surface area contributed by atoms with Crippen molar-refractivity contribution in [2.75, 3.05) is 7.11 Å². The number of nitrogens with zero attached hydrogens (tertiary/aromatic N) is 3. The number of hydrogen-bond donors (Lipinski definition) is 1. The maximum atomic E-state index is 11.4. The molecule has 0 unspecified atom stereocenters. The van der Waals surface area contributed by atoms with Crippen LogP contribution in [-0.4, -0.2) is 27.3 Å². The second-order valence-corrected chi connectivity index (χ2v) is 3.51. The van der Waals surface area contributed by atoms with Gasteiger partial charge in [-0.3, -0.25) is 0 Å². The lowest BCUT2D eigenvalue weighted by Crippen LogP contribution is -2.16. The molecule has 1 aromatic carbocycles. The molecule has 16 heavy (non-hydrogen) atoms. The summed E-state index contributed by atoms with van der Waals surface area (Å²) in [4.78, 5) is 11.4. The van der Waals surface area contributed by atoms with Crippen LogP contribution in [-0.2, 0) is 0 Å². The molecule has 6 nitrogen and oxygen atoms in total. The summed E-state index contributed by atoms with van der Waals surface area (Å²) >= 11 is 0. The number of H-pyrrole nitrogens is 1. The molecule has 84 valence electrons. The largest absolute Gasteiger partial charge is 0.496 e. The van der Waals surface area contributed by atoms with Crippen molar-refractivity contribution < 1.29 is 4.74 Å². The van der Waals surface area contributed by atoms with Gasteiger partial charge in [0, 0.05) is 6.07 Å². The van der Waals surface area contributed by atoms with E-state index >= 15 is 0 Å². The molecular formula is C10H12N4O2. The Morgan fingerprint density at radius 2 is 2.12 bits per heavy atom. The average molecular weight is 220 g/mol. The van der Waals surface area contributed by atoms with E-state index in [0.717, 1.165) is 16.9 Å². The minimum atomic E-state index is -0.370. The van der Waals surface area contributed by atoms with E-state index < -0.39 is 0 Å². The number of rotatable bonds is 2. The Morgan fingerprint density at radius 3 is 2.69 bits per heavy atom. The molecule has 0 saturated carbocycles. The summed E-state index contributed by atoms with van der Waals surface area (Å²) in [5.74, 6) is 0.727. The van der Waals surface area contributed by atoms with Crippen LogP contribution in [0.25, 0.3) is 5.69 Å². The zero-order valence-corrected chi connectivity index (χ0v) is 9.31. The fourth-order valence-electron chi connectivity index (χ4n) is 1.51. The van der Waals surface area contributed by atoms with E-state index in [1.807, 2.05) is 19.9 Å². The minimum absolute atomic E-state index is 0.370. The zero-order chi connectivity index (χ0) is 11.7. The average Bonchev–Trinajstić information content (AvgIpc) is 2.68. The van der Waals surface area contributed by atoms with Crippen molar-refractivity contribution in [3.63, 3.8) is 0 Å². The molecule has 0 aliphatic heterocycles. The first kappa shape index (κ1) is 10.4. The standard InChI is InChI=1S/C10H12N4O2/c1-6-4-8(5-9(16-3)7(6)2)14-10(15)11-12-13-14/h4-5H,1-3H3,(H,11,13,15). The van der Waals surface area contributed by atoms with Crippen LogP contribution < -0.4 is 10.4 Å². The highest BCUT2D eigenvalue weighted by atomic mass is 16.5. The number of aryl methyl sites for hydroxylation is 1. The van der Waals surface area contributed by atoms with Crippen LogP contribution in [0.2, 0.25) is 0 Å². The van der Waals surface area contributed by atoms with Gasteiger partial charge in [0.2, 0.25) is 0 Å². The van der Waals surface area contributed by atoms with Gasteiger partial charge in [0.05, 0.1) is 12.8 Å². The zero-order valence-electron chi connectivity index (χ0n) is 9.31. The summed E-state index contributed by atoms with van der Waals surface area (Å²) in [5.41, 5.74) is 2.34. The Kier molecular flexibility index (Phi) is 2.47. The maximum Gasteiger partial charge on any atom is 0.365 e. The van der Waals surface area contributed by atoms with E-state index in [1.54, 1.807) is 13.2 Å². The van der Waals surface area contributed by atoms with Gasteiger partial charge in [0.15, 0.2) is 0 Å². The molecule has 0 spiro atoms. The lowest BCUT2D eigenvalue weighted by molar-refractivity contribution is 0.411. The topological polar surface area (TPSA) is 72.8 Å². The fraction of sp³-hybridized carbons (Fsp3) is 0.300. The van der Waals surface area contributed by atoms with Gasteiger partial charge in [-0.25, -0.2) is 9.89 Å². The van der Waals surface area contributed by atoms with Gasteiger partial charge < -0.3 is 4.74 Å². The van der Waals surface area contributed by atoms with Crippen molar-refractivity contribution in [3.05, 3.63) is 33.7 Å². The second-order valence-electron chi connectivity index (χ2n) is 3.51. The first-order chi connectivity index (χ1) is 7.63. The molecule has 1 N–H and O–H groups in total. The van der Waals surface area contributed by atoms with Gasteiger partial charge in [-0.05, 0) is 41.5 Å². The summed E-state index contributed by atoms with van der Waals surface area (Å²) in [5, 5.41) is 9.36. The maximum absolute atomic E-state index is 11.4. The van der Waals surface area contributed by atoms with E-state index in [9.17, 15) is 4.79 Å². The molecule has 0 aliphatic rings. The van der Waals surface area contributed by atoms with Gasteiger partial charge in [-0.1, -0.05) is 0 Å². The fourth-order valence-corrected chi connectivity index (χ4v) is 1.51. The molecule has 0 amide bonds. The van der Waals surface area contributed by atoms with Gasteiger partial charge in [-0.2, -0.15) is 4.68 Å². The van der Waals surface area contributed by atoms with Crippen LogP contribution in [0.1, 0.15) is 11.1 Å². The Morgan fingerprint density at radius 1 is 1.38 bits per heavy atom. The van der Waals surface area contributed by atoms with E-state index in [2.05, 4.69) is 15.5 Å². The summed E-state index contributed by atoms with van der Waals surface area (Å²) in [6.07, 6.45) is 0. The van der Waals surface area contributed by atoms with Crippen molar-refractivity contribution >= 4 is 0 Å². The summed E-state index contributed by atoms with van der Waals surface area (Å²) < 4.78 is 6.42. The van der Waals surface area contributed by atoms with Crippen LogP contribution in [0.5, 0.6) is 5.75 Å². The van der Waals surface area contributed by atoms with E-state index in [-0.39, 0.29) is 5.69 Å². The predicted molar refractivity (Wildman–Crippen MR) is 58.0 cm³/mol. The number of ether oxygens (including phenoxy) is 1. The van der Waals surface area contributed by atoms with Crippen LogP contribution in [0, 0.1) is 13.8 Å². The third-order valence-corrected chi connectivity index (χ3v) is 2.54. The Hall–Kier alpha value is -2.11. The SMILES string of the molecule is COc1cc(-n2nn[nH]c2=O)cc(C)c1C. The highest BCUT2D eigenvalue weighted by Gasteiger charge is 2.08. The Labute approximate surface area is 91.8 Å². The molecule has 0 bridgehead atoms. The second kappa shape index (κ2) is 3.80. The number of tetrazole rings is 1. The monoisotopic (exact) mass is 220 g/mol. The molecule has 0 fully saturated rings. The van der Waals surface area contributed by atoms with Crippen LogP contribution in [0.3, 0.4) is 0 Å². The van der Waals surface area contributed by atoms with E-state index in [0.29, 0.717) is 5.69 Å². The first-order valence-corrected chi connectivity index (χ1v) is 4.79. The Balaban J connectivity index is 2.64. The lowest BCUT2D eigenvalue weighted by atomic mass is 10.1. The lowest BCUT2D eigenvalue weighted by Gasteiger charge is -2.09. The number of aromatic nitrogens is 4. The molecule has 0 saturated heterocycles. The van der Waals surface area contributed by atoms with Crippen molar-refractivity contribution in [1.29, 1.82) is 0 Å². The molecule has 2 rings (SSSR count). The van der Waals surface area contributed by atoms with Crippen molar-refractivity contribution in [2.45, 2.75) is 13.8 Å². The summed E-state index contributed by atoms with van der Waals surface area (Å²) in [6.45, 7) is 3.91. The molecule has 0 radical (unpaired) electrons. The van der Waals surface area contributed by atoms with Gasteiger partial charge >= 0.3 is 5.69 Å². The number of nitrogens with one attached hydrogen (secondary N) is 1. The normalized spacial score (nSPS) is 10.4. The summed E-state index contributed by atoms with van der Waals surface area (Å²) in [7, 11) is 1.59. The highest BCUT2D eigenvalue weighted by molar-refractivity contribution is 5.48. The molecule has 6 heteroatoms. The van der Waals surface area contributed by atoms with E-state index in [1.165, 1.54) is 4.68 Å². The van der Waals surface area contributed by atoms with Crippen molar-refractivity contribution in [1.82, 2.24) is 20.2 Å². The molecular weight excluding hydrogens is 208 g/mol. The third kappa shape index (κ3) is 1.58. The molecule has 1 aromatic heterocycles. The number of aromatic amines is 1. The first-order valence-electron chi connectivity index (χ1n) is 4.79.